The summed E-state index contributed by atoms with van der Waals surface area (Å²) in [5, 5.41) is 3.38. The van der Waals surface area contributed by atoms with E-state index in [1.54, 1.807) is 43.3 Å². The summed E-state index contributed by atoms with van der Waals surface area (Å²) in [6.45, 7) is 5.20. The zero-order chi connectivity index (χ0) is 21.6. The average molecular weight is 450 g/mol. The predicted octanol–water partition coefficient (Wildman–Crippen LogP) is 3.45. The summed E-state index contributed by atoms with van der Waals surface area (Å²) in [6.07, 6.45) is 3.31. The van der Waals surface area contributed by atoms with Gasteiger partial charge < -0.3 is 10.2 Å². The fourth-order valence-corrected chi connectivity index (χ4v) is 5.37. The Kier molecular flexibility index (Phi) is 7.75. The van der Waals surface area contributed by atoms with Crippen LogP contribution in [0.15, 0.2) is 53.4 Å². The molecule has 1 fully saturated rings. The van der Waals surface area contributed by atoms with Gasteiger partial charge in [0.1, 0.15) is 6.54 Å². The molecule has 3 rings (SSSR count). The fourth-order valence-electron chi connectivity index (χ4n) is 3.64. The quantitative estimate of drug-likeness (QED) is 0.595. The maximum absolute atomic E-state index is 13.3. The maximum Gasteiger partial charge on any atom is 0.264 e. The second-order valence-corrected chi connectivity index (χ2v) is 9.81. The van der Waals surface area contributed by atoms with E-state index in [1.807, 2.05) is 0 Å². The average Bonchev–Trinajstić information content (AvgIpc) is 3.24. The molecule has 0 unspecified atom stereocenters. The molecule has 6 nitrogen and oxygen atoms in total. The number of benzene rings is 2. The van der Waals surface area contributed by atoms with E-state index in [2.05, 4.69) is 10.2 Å². The van der Waals surface area contributed by atoms with Crippen molar-refractivity contribution in [1.29, 1.82) is 0 Å². The molecule has 0 spiro atoms. The van der Waals surface area contributed by atoms with E-state index >= 15 is 0 Å². The van der Waals surface area contributed by atoms with Gasteiger partial charge in [-0.15, -0.1) is 0 Å². The van der Waals surface area contributed by atoms with Gasteiger partial charge >= 0.3 is 0 Å². The topological polar surface area (TPSA) is 69.7 Å². The summed E-state index contributed by atoms with van der Waals surface area (Å²) in [5.41, 5.74) is 1.12. The second kappa shape index (κ2) is 10.3. The number of carbonyl (C=O) groups excluding carboxylic acids is 1. The molecule has 1 amide bonds. The number of hydrogen-bond donors (Lipinski definition) is 1. The van der Waals surface area contributed by atoms with Gasteiger partial charge in [0.25, 0.3) is 10.0 Å². The Bertz CT molecular complexity index is 961. The van der Waals surface area contributed by atoms with E-state index in [0.29, 0.717) is 22.8 Å². The number of amides is 1. The molecule has 0 radical (unpaired) electrons. The first-order chi connectivity index (χ1) is 14.4. The minimum atomic E-state index is -3.91. The minimum absolute atomic E-state index is 0.140. The largest absolute Gasteiger partial charge is 0.354 e. The third-order valence-electron chi connectivity index (χ3n) is 5.22. The van der Waals surface area contributed by atoms with Crippen LogP contribution in [-0.2, 0) is 14.8 Å². The molecule has 0 bridgehead atoms. The molecule has 162 valence electrons. The number of anilines is 1. The summed E-state index contributed by atoms with van der Waals surface area (Å²) in [4.78, 5) is 15.1. The van der Waals surface area contributed by atoms with Gasteiger partial charge in [0.15, 0.2) is 0 Å². The Hall–Kier alpha value is -2.09. The smallest absolute Gasteiger partial charge is 0.264 e. The summed E-state index contributed by atoms with van der Waals surface area (Å²) >= 11 is 6.05. The van der Waals surface area contributed by atoms with Gasteiger partial charge in [0, 0.05) is 11.6 Å². The second-order valence-electron chi connectivity index (χ2n) is 7.51. The predicted molar refractivity (Wildman–Crippen MR) is 120 cm³/mol. The molecule has 2 aromatic carbocycles. The zero-order valence-electron chi connectivity index (χ0n) is 17.2. The van der Waals surface area contributed by atoms with Crippen molar-refractivity contribution in [1.82, 2.24) is 10.2 Å². The molecule has 0 atom stereocenters. The molecule has 0 saturated carbocycles. The SMILES string of the molecule is Cc1cc(Cl)ccc1N(CC(=O)NCCCN1CCCC1)S(=O)(=O)c1ccccc1. The van der Waals surface area contributed by atoms with Crippen LogP contribution in [0.4, 0.5) is 5.69 Å². The van der Waals surface area contributed by atoms with Crippen molar-refractivity contribution >= 4 is 33.2 Å². The maximum atomic E-state index is 13.3. The van der Waals surface area contributed by atoms with Crippen molar-refractivity contribution in [3.63, 3.8) is 0 Å². The lowest BCUT2D eigenvalue weighted by molar-refractivity contribution is -0.119. The summed E-state index contributed by atoms with van der Waals surface area (Å²) in [7, 11) is -3.91. The Labute approximate surface area is 183 Å². The zero-order valence-corrected chi connectivity index (χ0v) is 18.8. The molecule has 8 heteroatoms. The Morgan fingerprint density at radius 1 is 1.13 bits per heavy atom. The van der Waals surface area contributed by atoms with Crippen LogP contribution in [0.3, 0.4) is 0 Å². The lowest BCUT2D eigenvalue weighted by Gasteiger charge is -2.26. The standard InChI is InChI=1S/C22H28ClN3O3S/c1-18-16-19(23)10-11-21(18)26(30(28,29)20-8-3-2-4-9-20)17-22(27)24-12-7-15-25-13-5-6-14-25/h2-4,8-11,16H,5-7,12-15,17H2,1H3,(H,24,27). The van der Waals surface area contributed by atoms with Crippen LogP contribution in [0.2, 0.25) is 5.02 Å². The third-order valence-corrected chi connectivity index (χ3v) is 7.23. The first-order valence-corrected chi connectivity index (χ1v) is 12.0. The first-order valence-electron chi connectivity index (χ1n) is 10.2. The third kappa shape index (κ3) is 5.74. The number of sulfonamides is 1. The number of halogens is 1. The molecular weight excluding hydrogens is 422 g/mol. The van der Waals surface area contributed by atoms with Crippen LogP contribution in [0.25, 0.3) is 0 Å². The fraction of sp³-hybridized carbons (Fsp3) is 0.409. The Morgan fingerprint density at radius 2 is 1.83 bits per heavy atom. The highest BCUT2D eigenvalue weighted by atomic mass is 35.5. The molecule has 1 saturated heterocycles. The van der Waals surface area contributed by atoms with E-state index in [4.69, 9.17) is 11.6 Å². The Morgan fingerprint density at radius 3 is 2.50 bits per heavy atom. The number of nitrogens with one attached hydrogen (secondary N) is 1. The van der Waals surface area contributed by atoms with Gasteiger partial charge in [-0.25, -0.2) is 8.42 Å². The van der Waals surface area contributed by atoms with E-state index in [-0.39, 0.29) is 17.3 Å². The number of rotatable bonds is 9. The molecule has 1 N–H and O–H groups in total. The normalized spacial score (nSPS) is 14.6. The van der Waals surface area contributed by atoms with E-state index in [0.717, 1.165) is 30.4 Å². The number of nitrogens with zero attached hydrogens (tertiary/aromatic N) is 2. The van der Waals surface area contributed by atoms with Crippen LogP contribution in [0.1, 0.15) is 24.8 Å². The number of likely N-dealkylation sites (tertiary alicyclic amines) is 1. The molecular formula is C22H28ClN3O3S. The highest BCUT2D eigenvalue weighted by molar-refractivity contribution is 7.92. The number of carbonyl (C=O) groups is 1. The summed E-state index contributed by atoms with van der Waals surface area (Å²) < 4.78 is 27.8. The summed E-state index contributed by atoms with van der Waals surface area (Å²) in [5.74, 6) is -0.328. The molecule has 0 aromatic heterocycles. The number of hydrogen-bond acceptors (Lipinski definition) is 4. The summed E-state index contributed by atoms with van der Waals surface area (Å²) in [6, 6.07) is 13.1. The highest BCUT2D eigenvalue weighted by Crippen LogP contribution is 2.28. The van der Waals surface area contributed by atoms with Crippen LogP contribution < -0.4 is 9.62 Å². The highest BCUT2D eigenvalue weighted by Gasteiger charge is 2.28. The van der Waals surface area contributed by atoms with E-state index in [1.165, 1.54) is 25.0 Å². The van der Waals surface area contributed by atoms with Gasteiger partial charge in [-0.1, -0.05) is 29.8 Å². The first kappa shape index (κ1) is 22.6. The van der Waals surface area contributed by atoms with Crippen molar-refractivity contribution in [3.8, 4) is 0 Å². The Balaban J connectivity index is 1.73. The van der Waals surface area contributed by atoms with E-state index < -0.39 is 10.0 Å². The van der Waals surface area contributed by atoms with Crippen molar-refractivity contribution in [2.75, 3.05) is 37.0 Å². The van der Waals surface area contributed by atoms with Crippen LogP contribution in [-0.4, -0.2) is 51.9 Å². The molecule has 30 heavy (non-hydrogen) atoms. The van der Waals surface area contributed by atoms with Gasteiger partial charge in [-0.3, -0.25) is 9.10 Å². The molecule has 1 aliphatic heterocycles. The van der Waals surface area contributed by atoms with Crippen molar-refractivity contribution < 1.29 is 13.2 Å². The molecule has 1 aliphatic rings. The van der Waals surface area contributed by atoms with Crippen molar-refractivity contribution in [2.24, 2.45) is 0 Å². The van der Waals surface area contributed by atoms with Crippen LogP contribution in [0.5, 0.6) is 0 Å². The molecule has 2 aromatic rings. The minimum Gasteiger partial charge on any atom is -0.354 e. The monoisotopic (exact) mass is 449 g/mol. The number of aryl methyl sites for hydroxylation is 1. The van der Waals surface area contributed by atoms with E-state index in [9.17, 15) is 13.2 Å². The van der Waals surface area contributed by atoms with Gasteiger partial charge in [-0.2, -0.15) is 0 Å². The van der Waals surface area contributed by atoms with Gasteiger partial charge in [0.05, 0.1) is 10.6 Å². The van der Waals surface area contributed by atoms with Crippen molar-refractivity contribution in [3.05, 3.63) is 59.1 Å². The lowest BCUT2D eigenvalue weighted by atomic mass is 10.2. The van der Waals surface area contributed by atoms with Crippen LogP contribution in [0, 0.1) is 6.92 Å². The molecule has 0 aliphatic carbocycles. The molecule has 1 heterocycles. The van der Waals surface area contributed by atoms with Crippen molar-refractivity contribution in [2.45, 2.75) is 31.1 Å². The van der Waals surface area contributed by atoms with Crippen LogP contribution >= 0.6 is 11.6 Å². The van der Waals surface area contributed by atoms with Gasteiger partial charge in [0.2, 0.25) is 5.91 Å². The van der Waals surface area contributed by atoms with Gasteiger partial charge in [-0.05, 0) is 81.7 Å². The lowest BCUT2D eigenvalue weighted by Crippen LogP contribution is -2.41.